The third-order valence-electron chi connectivity index (χ3n) is 13.9. The SMILES string of the molecule is CCCCCCCCCCCCCCCCCCCCCCCCCCCCC(N)CCCCCCCCCCCCCCCCCCCCCCCCCCCC. The summed E-state index contributed by atoms with van der Waals surface area (Å²) in [6.07, 6.45) is 78.8. The molecule has 0 spiro atoms. The minimum absolute atomic E-state index is 0.462. The Hall–Kier alpha value is -0.0400. The largest absolute Gasteiger partial charge is 0.328 e. The summed E-state index contributed by atoms with van der Waals surface area (Å²) in [5.74, 6) is 0. The molecule has 0 saturated heterocycles. The Labute approximate surface area is 371 Å². The monoisotopic (exact) mass is 816 g/mol. The van der Waals surface area contributed by atoms with Crippen LogP contribution in [0.25, 0.3) is 0 Å². The van der Waals surface area contributed by atoms with E-state index in [1.54, 1.807) is 0 Å². The molecular formula is C57H117N. The Morgan fingerprint density at radius 2 is 0.276 bits per heavy atom. The smallest absolute Gasteiger partial charge is 0.00388 e. The first-order chi connectivity index (χ1) is 28.8. The number of rotatable bonds is 54. The molecule has 0 fully saturated rings. The van der Waals surface area contributed by atoms with Gasteiger partial charge in [-0.3, -0.25) is 0 Å². The molecule has 0 atom stereocenters. The van der Waals surface area contributed by atoms with Crippen molar-refractivity contribution in [3.8, 4) is 0 Å². The van der Waals surface area contributed by atoms with Crippen molar-refractivity contribution in [2.75, 3.05) is 0 Å². The van der Waals surface area contributed by atoms with Crippen molar-refractivity contribution in [1.82, 2.24) is 0 Å². The van der Waals surface area contributed by atoms with Gasteiger partial charge in [0.2, 0.25) is 0 Å². The van der Waals surface area contributed by atoms with Crippen molar-refractivity contribution >= 4 is 0 Å². The second-order valence-electron chi connectivity index (χ2n) is 20.0. The van der Waals surface area contributed by atoms with Gasteiger partial charge < -0.3 is 5.73 Å². The lowest BCUT2D eigenvalue weighted by Gasteiger charge is -2.11. The summed E-state index contributed by atoms with van der Waals surface area (Å²) in [5.41, 5.74) is 6.48. The molecule has 0 heterocycles. The van der Waals surface area contributed by atoms with Crippen LogP contribution in [0.3, 0.4) is 0 Å². The van der Waals surface area contributed by atoms with Crippen LogP contribution in [-0.4, -0.2) is 6.04 Å². The first kappa shape index (κ1) is 58.0. The third kappa shape index (κ3) is 54.0. The van der Waals surface area contributed by atoms with Gasteiger partial charge in [0.1, 0.15) is 0 Å². The highest BCUT2D eigenvalue weighted by molar-refractivity contribution is 4.62. The number of hydrogen-bond acceptors (Lipinski definition) is 1. The number of nitrogens with two attached hydrogens (primary N) is 1. The minimum atomic E-state index is 0.462. The molecule has 0 amide bonds. The van der Waals surface area contributed by atoms with Crippen molar-refractivity contribution in [3.63, 3.8) is 0 Å². The van der Waals surface area contributed by atoms with Crippen molar-refractivity contribution < 1.29 is 0 Å². The second kappa shape index (κ2) is 55.0. The van der Waals surface area contributed by atoms with Gasteiger partial charge in [0, 0.05) is 6.04 Å². The van der Waals surface area contributed by atoms with Crippen LogP contribution in [0.1, 0.15) is 361 Å². The molecule has 0 saturated carbocycles. The van der Waals surface area contributed by atoms with E-state index in [2.05, 4.69) is 13.8 Å². The molecule has 1 heteroatoms. The Morgan fingerprint density at radius 3 is 0.397 bits per heavy atom. The van der Waals surface area contributed by atoms with Crippen LogP contribution in [0.4, 0.5) is 0 Å². The van der Waals surface area contributed by atoms with Crippen LogP contribution in [-0.2, 0) is 0 Å². The summed E-state index contributed by atoms with van der Waals surface area (Å²) in [7, 11) is 0. The highest BCUT2D eigenvalue weighted by Gasteiger charge is 2.03. The molecule has 0 aromatic heterocycles. The van der Waals surface area contributed by atoms with E-state index in [9.17, 15) is 0 Å². The topological polar surface area (TPSA) is 26.0 Å². The Bertz CT molecular complexity index is 616. The average molecular weight is 817 g/mol. The van der Waals surface area contributed by atoms with Gasteiger partial charge in [-0.25, -0.2) is 0 Å². The van der Waals surface area contributed by atoms with Gasteiger partial charge in [0.15, 0.2) is 0 Å². The predicted octanol–water partition coefficient (Wildman–Crippen LogP) is 21.4. The van der Waals surface area contributed by atoms with E-state index in [0.29, 0.717) is 6.04 Å². The molecule has 58 heavy (non-hydrogen) atoms. The molecule has 1 nitrogen and oxygen atoms in total. The molecule has 2 N–H and O–H groups in total. The molecule has 0 unspecified atom stereocenters. The van der Waals surface area contributed by atoms with Gasteiger partial charge in [-0.1, -0.05) is 348 Å². The number of hydrogen-bond donors (Lipinski definition) is 1. The van der Waals surface area contributed by atoms with E-state index < -0.39 is 0 Å². The molecule has 0 aromatic carbocycles. The van der Waals surface area contributed by atoms with Crippen molar-refractivity contribution in [2.45, 2.75) is 367 Å². The molecule has 0 aromatic rings. The fraction of sp³-hybridized carbons (Fsp3) is 1.00. The highest BCUT2D eigenvalue weighted by Crippen LogP contribution is 2.19. The number of unbranched alkanes of at least 4 members (excludes halogenated alkanes) is 50. The molecule has 350 valence electrons. The maximum absolute atomic E-state index is 6.48. The van der Waals surface area contributed by atoms with Gasteiger partial charge >= 0.3 is 0 Å². The average Bonchev–Trinajstić information content (AvgIpc) is 3.23. The first-order valence-corrected chi connectivity index (χ1v) is 28.6. The molecule has 0 rings (SSSR count). The third-order valence-corrected chi connectivity index (χ3v) is 13.9. The summed E-state index contributed by atoms with van der Waals surface area (Å²) in [4.78, 5) is 0. The van der Waals surface area contributed by atoms with E-state index in [1.165, 1.54) is 347 Å². The maximum Gasteiger partial charge on any atom is 0.00388 e. The van der Waals surface area contributed by atoms with Crippen molar-refractivity contribution in [3.05, 3.63) is 0 Å². The Balaban J connectivity index is 3.14. The van der Waals surface area contributed by atoms with E-state index in [4.69, 9.17) is 5.73 Å². The van der Waals surface area contributed by atoms with Crippen LogP contribution in [0.5, 0.6) is 0 Å². The molecule has 0 aliphatic heterocycles. The van der Waals surface area contributed by atoms with Crippen LogP contribution in [0, 0.1) is 0 Å². The first-order valence-electron chi connectivity index (χ1n) is 28.6. The summed E-state index contributed by atoms with van der Waals surface area (Å²) < 4.78 is 0. The van der Waals surface area contributed by atoms with Crippen LogP contribution in [0.2, 0.25) is 0 Å². The molecule has 0 radical (unpaired) electrons. The zero-order chi connectivity index (χ0) is 41.8. The highest BCUT2D eigenvalue weighted by atomic mass is 14.6. The van der Waals surface area contributed by atoms with Crippen molar-refractivity contribution in [2.24, 2.45) is 5.73 Å². The zero-order valence-electron chi connectivity index (χ0n) is 41.3. The zero-order valence-corrected chi connectivity index (χ0v) is 41.3. The van der Waals surface area contributed by atoms with Gasteiger partial charge in [0.25, 0.3) is 0 Å². The van der Waals surface area contributed by atoms with Gasteiger partial charge in [-0.15, -0.1) is 0 Å². The molecule has 0 aliphatic rings. The second-order valence-corrected chi connectivity index (χ2v) is 20.0. The lowest BCUT2D eigenvalue weighted by molar-refractivity contribution is 0.477. The van der Waals surface area contributed by atoms with E-state index in [0.717, 1.165) is 0 Å². The summed E-state index contributed by atoms with van der Waals surface area (Å²) >= 11 is 0. The van der Waals surface area contributed by atoms with E-state index in [-0.39, 0.29) is 0 Å². The minimum Gasteiger partial charge on any atom is -0.328 e. The van der Waals surface area contributed by atoms with E-state index in [1.807, 2.05) is 0 Å². The van der Waals surface area contributed by atoms with Crippen LogP contribution < -0.4 is 5.73 Å². The standard InChI is InChI=1S/C57H117N/c1-3-5-7-9-11-13-15-17-19-21-23-25-27-29-31-33-35-37-39-41-43-45-47-49-51-53-55-57(58)56-54-52-50-48-46-44-42-40-38-36-34-32-30-28-26-24-22-20-18-16-14-12-10-8-6-4-2/h57H,3-56,58H2,1-2H3. The summed E-state index contributed by atoms with van der Waals surface area (Å²) in [6.45, 7) is 4.62. The van der Waals surface area contributed by atoms with Gasteiger partial charge in [-0.2, -0.15) is 0 Å². The normalized spacial score (nSPS) is 11.8. The summed E-state index contributed by atoms with van der Waals surface area (Å²) in [6, 6.07) is 0.462. The fourth-order valence-corrected chi connectivity index (χ4v) is 9.59. The van der Waals surface area contributed by atoms with Crippen molar-refractivity contribution in [1.29, 1.82) is 0 Å². The fourth-order valence-electron chi connectivity index (χ4n) is 9.59. The Kier molecular flexibility index (Phi) is 54.9. The summed E-state index contributed by atoms with van der Waals surface area (Å²) in [5, 5.41) is 0. The molecular weight excluding hydrogens is 699 g/mol. The Morgan fingerprint density at radius 1 is 0.172 bits per heavy atom. The molecule has 0 bridgehead atoms. The molecule has 0 aliphatic carbocycles. The van der Waals surface area contributed by atoms with Crippen LogP contribution in [0.15, 0.2) is 0 Å². The predicted molar refractivity (Wildman–Crippen MR) is 269 cm³/mol. The quantitative estimate of drug-likeness (QED) is 0.0608. The lowest BCUT2D eigenvalue weighted by atomic mass is 10.00. The lowest BCUT2D eigenvalue weighted by Crippen LogP contribution is -2.19. The van der Waals surface area contributed by atoms with E-state index >= 15 is 0 Å². The van der Waals surface area contributed by atoms with Crippen LogP contribution >= 0.6 is 0 Å². The van der Waals surface area contributed by atoms with Gasteiger partial charge in [-0.05, 0) is 12.8 Å². The van der Waals surface area contributed by atoms with Gasteiger partial charge in [0.05, 0.1) is 0 Å². The maximum atomic E-state index is 6.48.